The van der Waals surface area contributed by atoms with Gasteiger partial charge in [0.1, 0.15) is 0 Å². The van der Waals surface area contributed by atoms with Crippen LogP contribution in [0.4, 0.5) is 0 Å². The topological polar surface area (TPSA) is 15.8 Å². The zero-order chi connectivity index (χ0) is 10.3. The molecule has 0 aliphatic carbocycles. The molecule has 0 saturated heterocycles. The van der Waals surface area contributed by atoms with Crippen LogP contribution in [-0.4, -0.2) is 4.98 Å². The van der Waals surface area contributed by atoms with Crippen LogP contribution >= 0.6 is 0 Å². The van der Waals surface area contributed by atoms with Crippen molar-refractivity contribution in [3.05, 3.63) is 55.0 Å². The Hall–Kier alpha value is -1.76. The molecule has 0 aliphatic heterocycles. The molecule has 1 heterocycles. The number of benzene rings is 2. The van der Waals surface area contributed by atoms with E-state index in [2.05, 4.69) is 54.4 Å². The lowest BCUT2D eigenvalue weighted by Crippen LogP contribution is -1.81. The number of H-pyrrole nitrogens is 1. The second kappa shape index (κ2) is 3.13. The Labute approximate surface area is 88.7 Å². The van der Waals surface area contributed by atoms with E-state index in [1.54, 1.807) is 0 Å². The van der Waals surface area contributed by atoms with Crippen molar-refractivity contribution in [3.8, 4) is 0 Å². The summed E-state index contributed by atoms with van der Waals surface area (Å²) in [6.45, 7) is 3.96. The Kier molecular flexibility index (Phi) is 1.78. The Bertz CT molecular complexity index is 619. The van der Waals surface area contributed by atoms with Gasteiger partial charge in [-0.05, 0) is 25.0 Å². The second-order valence-corrected chi connectivity index (χ2v) is 3.76. The molecular weight excluding hydrogens is 182 g/mol. The van der Waals surface area contributed by atoms with E-state index in [1.807, 2.05) is 0 Å². The molecule has 0 bridgehead atoms. The van der Waals surface area contributed by atoms with E-state index in [-0.39, 0.29) is 0 Å². The summed E-state index contributed by atoms with van der Waals surface area (Å²) in [5.74, 6) is 0. The minimum atomic E-state index is 0.824. The molecule has 0 saturated carbocycles. The van der Waals surface area contributed by atoms with Gasteiger partial charge < -0.3 is 4.98 Å². The third kappa shape index (κ3) is 1.16. The second-order valence-electron chi connectivity index (χ2n) is 3.76. The van der Waals surface area contributed by atoms with Gasteiger partial charge in [0, 0.05) is 21.8 Å². The van der Waals surface area contributed by atoms with Gasteiger partial charge in [-0.15, -0.1) is 0 Å². The van der Waals surface area contributed by atoms with Crippen LogP contribution in [0.2, 0.25) is 0 Å². The summed E-state index contributed by atoms with van der Waals surface area (Å²) in [7, 11) is 0. The van der Waals surface area contributed by atoms with Crippen LogP contribution in [0.1, 0.15) is 5.56 Å². The molecule has 73 valence electrons. The number of fused-ring (bicyclic) bond motifs is 3. The van der Waals surface area contributed by atoms with Gasteiger partial charge in [-0.2, -0.15) is 0 Å². The van der Waals surface area contributed by atoms with Crippen LogP contribution in [0.3, 0.4) is 0 Å². The van der Waals surface area contributed by atoms with E-state index >= 15 is 0 Å². The van der Waals surface area contributed by atoms with Crippen molar-refractivity contribution in [2.45, 2.75) is 6.42 Å². The quantitative estimate of drug-likeness (QED) is 0.608. The van der Waals surface area contributed by atoms with Crippen LogP contribution < -0.4 is 0 Å². The summed E-state index contributed by atoms with van der Waals surface area (Å²) in [4.78, 5) is 3.46. The monoisotopic (exact) mass is 194 g/mol. The van der Waals surface area contributed by atoms with E-state index in [9.17, 15) is 0 Å². The molecule has 0 amide bonds. The molecular formula is C14H12N. The highest BCUT2D eigenvalue weighted by Gasteiger charge is 2.05. The van der Waals surface area contributed by atoms with Crippen molar-refractivity contribution in [1.29, 1.82) is 0 Å². The van der Waals surface area contributed by atoms with Gasteiger partial charge in [-0.25, -0.2) is 0 Å². The van der Waals surface area contributed by atoms with Gasteiger partial charge >= 0.3 is 0 Å². The predicted molar refractivity (Wildman–Crippen MR) is 64.9 cm³/mol. The van der Waals surface area contributed by atoms with Gasteiger partial charge in [0.05, 0.1) is 0 Å². The third-order valence-corrected chi connectivity index (χ3v) is 2.90. The zero-order valence-corrected chi connectivity index (χ0v) is 8.46. The number of hydrogen-bond acceptors (Lipinski definition) is 0. The summed E-state index contributed by atoms with van der Waals surface area (Å²) < 4.78 is 0. The molecule has 1 aromatic heterocycles. The lowest BCUT2D eigenvalue weighted by Gasteiger charge is -1.97. The van der Waals surface area contributed by atoms with Crippen molar-refractivity contribution >= 4 is 21.8 Å². The highest BCUT2D eigenvalue weighted by atomic mass is 14.7. The zero-order valence-electron chi connectivity index (χ0n) is 8.46. The van der Waals surface area contributed by atoms with Gasteiger partial charge in [-0.3, -0.25) is 0 Å². The maximum atomic E-state index is 3.96. The van der Waals surface area contributed by atoms with E-state index in [0.717, 1.165) is 6.42 Å². The normalized spacial score (nSPS) is 11.3. The number of aromatic nitrogens is 1. The molecule has 0 atom stereocenters. The van der Waals surface area contributed by atoms with E-state index in [1.165, 1.54) is 27.4 Å². The van der Waals surface area contributed by atoms with E-state index < -0.39 is 0 Å². The van der Waals surface area contributed by atoms with Crippen LogP contribution in [0.25, 0.3) is 21.8 Å². The highest BCUT2D eigenvalue weighted by Crippen LogP contribution is 2.27. The summed E-state index contributed by atoms with van der Waals surface area (Å²) in [5, 5.41) is 2.59. The molecule has 0 aliphatic rings. The van der Waals surface area contributed by atoms with Crippen molar-refractivity contribution in [1.82, 2.24) is 4.98 Å². The first-order valence-electron chi connectivity index (χ1n) is 5.17. The summed E-state index contributed by atoms with van der Waals surface area (Å²) in [6.07, 6.45) is 0.824. The lowest BCUT2D eigenvalue weighted by atomic mass is 10.1. The summed E-state index contributed by atoms with van der Waals surface area (Å²) in [6, 6.07) is 14.8. The maximum Gasteiger partial charge on any atom is 0.0497 e. The standard InChI is InChI=1S/C14H12N/c1-2-10-6-5-8-12-11-7-3-4-9-13(11)15-14(10)12/h3-9,15H,1-2H2. The van der Waals surface area contributed by atoms with Gasteiger partial charge in [0.25, 0.3) is 0 Å². The molecule has 1 N–H and O–H groups in total. The Morgan fingerprint density at radius 3 is 2.60 bits per heavy atom. The summed E-state index contributed by atoms with van der Waals surface area (Å²) >= 11 is 0. The Morgan fingerprint density at radius 2 is 1.73 bits per heavy atom. The molecule has 1 nitrogen and oxygen atoms in total. The average Bonchev–Trinajstić information content (AvgIpc) is 2.67. The smallest absolute Gasteiger partial charge is 0.0497 e. The van der Waals surface area contributed by atoms with Crippen LogP contribution in [-0.2, 0) is 6.42 Å². The van der Waals surface area contributed by atoms with Crippen LogP contribution in [0.5, 0.6) is 0 Å². The fourth-order valence-electron chi connectivity index (χ4n) is 2.14. The van der Waals surface area contributed by atoms with E-state index in [0.29, 0.717) is 0 Å². The first-order valence-corrected chi connectivity index (χ1v) is 5.17. The predicted octanol–water partition coefficient (Wildman–Crippen LogP) is 3.70. The Balaban J connectivity index is 2.53. The molecule has 0 fully saturated rings. The van der Waals surface area contributed by atoms with Crippen LogP contribution in [0, 0.1) is 6.92 Å². The summed E-state index contributed by atoms with van der Waals surface area (Å²) in [5.41, 5.74) is 3.71. The number of para-hydroxylation sites is 2. The average molecular weight is 194 g/mol. The maximum absolute atomic E-state index is 3.96. The molecule has 0 unspecified atom stereocenters. The molecule has 3 rings (SSSR count). The van der Waals surface area contributed by atoms with Crippen molar-refractivity contribution in [2.75, 3.05) is 0 Å². The number of aromatic amines is 1. The third-order valence-electron chi connectivity index (χ3n) is 2.90. The van der Waals surface area contributed by atoms with Gasteiger partial charge in [0.2, 0.25) is 0 Å². The number of hydrogen-bond donors (Lipinski definition) is 1. The first kappa shape index (κ1) is 8.54. The minimum Gasteiger partial charge on any atom is -0.354 e. The molecule has 3 aromatic rings. The molecule has 2 aromatic carbocycles. The van der Waals surface area contributed by atoms with Crippen molar-refractivity contribution < 1.29 is 0 Å². The largest absolute Gasteiger partial charge is 0.354 e. The number of nitrogens with one attached hydrogen (secondary N) is 1. The minimum absolute atomic E-state index is 0.824. The van der Waals surface area contributed by atoms with Crippen LogP contribution in [0.15, 0.2) is 42.5 Å². The fourth-order valence-corrected chi connectivity index (χ4v) is 2.14. The van der Waals surface area contributed by atoms with Gasteiger partial charge in [-0.1, -0.05) is 36.4 Å². The molecule has 0 spiro atoms. The van der Waals surface area contributed by atoms with Crippen molar-refractivity contribution in [2.24, 2.45) is 0 Å². The number of rotatable bonds is 1. The Morgan fingerprint density at radius 1 is 0.933 bits per heavy atom. The molecule has 15 heavy (non-hydrogen) atoms. The fraction of sp³-hybridized carbons (Fsp3) is 0.0714. The highest BCUT2D eigenvalue weighted by molar-refractivity contribution is 6.08. The SMILES string of the molecule is [CH2]Cc1cccc2c1[nH]c1ccccc12. The lowest BCUT2D eigenvalue weighted by molar-refractivity contribution is 1.28. The van der Waals surface area contributed by atoms with Gasteiger partial charge in [0.15, 0.2) is 0 Å². The molecule has 1 radical (unpaired) electrons. The first-order chi connectivity index (χ1) is 7.40. The van der Waals surface area contributed by atoms with E-state index in [4.69, 9.17) is 0 Å². The molecule has 1 heteroatoms. The van der Waals surface area contributed by atoms with Crippen molar-refractivity contribution in [3.63, 3.8) is 0 Å².